The molecule has 1 atom stereocenters. The van der Waals surface area contributed by atoms with Gasteiger partial charge in [0.25, 0.3) is 5.91 Å². The molecule has 2 aromatic rings. The van der Waals surface area contributed by atoms with Gasteiger partial charge in [0, 0.05) is 6.42 Å². The highest BCUT2D eigenvalue weighted by atomic mass is 35.5. The van der Waals surface area contributed by atoms with Crippen LogP contribution in [0, 0.1) is 0 Å². The molecule has 3 rings (SSSR count). The summed E-state index contributed by atoms with van der Waals surface area (Å²) in [5.74, 6) is 0.426. The Morgan fingerprint density at radius 3 is 2.71 bits per heavy atom. The molecule has 0 spiro atoms. The number of carbonyl (C=O) groups excluding carboxylic acids is 1. The number of nitrogens with one attached hydrogen (secondary N) is 1. The van der Waals surface area contributed by atoms with Crippen molar-refractivity contribution < 1.29 is 14.4 Å². The zero-order chi connectivity index (χ0) is 17.1. The number of nitrogens with zero attached hydrogens (tertiary/aromatic N) is 1. The van der Waals surface area contributed by atoms with Crippen molar-refractivity contribution in [1.29, 1.82) is 0 Å². The molecule has 1 amide bonds. The molecule has 124 valence electrons. The van der Waals surface area contributed by atoms with E-state index in [4.69, 9.17) is 32.8 Å². The largest absolute Gasteiger partial charge is 0.497 e. The van der Waals surface area contributed by atoms with Gasteiger partial charge in [-0.25, -0.2) is 0 Å². The highest BCUT2D eigenvalue weighted by Crippen LogP contribution is 2.30. The molecule has 0 aromatic heterocycles. The van der Waals surface area contributed by atoms with E-state index in [0.717, 1.165) is 11.3 Å². The van der Waals surface area contributed by atoms with Gasteiger partial charge in [-0.1, -0.05) is 34.4 Å². The molecule has 0 saturated heterocycles. The van der Waals surface area contributed by atoms with Gasteiger partial charge in [0.1, 0.15) is 5.75 Å². The van der Waals surface area contributed by atoms with Crippen molar-refractivity contribution in [3.05, 3.63) is 58.1 Å². The van der Waals surface area contributed by atoms with Gasteiger partial charge < -0.3 is 14.9 Å². The Balaban J connectivity index is 1.65. The molecular formula is C17H14Cl2N2O3. The molecule has 5 nitrogen and oxygen atoms in total. The third kappa shape index (κ3) is 3.47. The lowest BCUT2D eigenvalue weighted by Gasteiger charge is -2.11. The van der Waals surface area contributed by atoms with Crippen molar-refractivity contribution in [3.63, 3.8) is 0 Å². The third-order valence-corrected chi connectivity index (χ3v) is 4.41. The Morgan fingerprint density at radius 2 is 2.00 bits per heavy atom. The summed E-state index contributed by atoms with van der Waals surface area (Å²) < 4.78 is 5.12. The standard InChI is InChI=1S/C17H14Cl2N2O3/c1-23-11-7-5-10(6-8-11)14-9-15(24-21-14)17(22)20-13-4-2-3-12(18)16(13)19/h2-8,15H,9H2,1H3,(H,20,22). The molecule has 0 bridgehead atoms. The maximum atomic E-state index is 12.3. The summed E-state index contributed by atoms with van der Waals surface area (Å²) in [4.78, 5) is 17.6. The van der Waals surface area contributed by atoms with Gasteiger partial charge in [-0.15, -0.1) is 0 Å². The fourth-order valence-electron chi connectivity index (χ4n) is 2.29. The number of anilines is 1. The fourth-order valence-corrected chi connectivity index (χ4v) is 2.63. The van der Waals surface area contributed by atoms with Gasteiger partial charge in [-0.2, -0.15) is 0 Å². The number of benzene rings is 2. The Hall–Kier alpha value is -2.24. The van der Waals surface area contributed by atoms with E-state index in [9.17, 15) is 4.79 Å². The number of amides is 1. The van der Waals surface area contributed by atoms with E-state index in [0.29, 0.717) is 27.9 Å². The topological polar surface area (TPSA) is 59.9 Å². The van der Waals surface area contributed by atoms with Crippen molar-refractivity contribution >= 4 is 40.5 Å². The molecule has 1 unspecified atom stereocenters. The van der Waals surface area contributed by atoms with Crippen LogP contribution in [0.15, 0.2) is 47.6 Å². The van der Waals surface area contributed by atoms with E-state index < -0.39 is 6.10 Å². The molecule has 1 aliphatic heterocycles. The number of ether oxygens (including phenoxy) is 1. The van der Waals surface area contributed by atoms with Gasteiger partial charge in [0.15, 0.2) is 0 Å². The quantitative estimate of drug-likeness (QED) is 0.886. The molecule has 0 radical (unpaired) electrons. The van der Waals surface area contributed by atoms with Gasteiger partial charge in [0.05, 0.1) is 28.6 Å². The second-order valence-corrected chi connectivity index (χ2v) is 5.94. The Kier molecular flexibility index (Phi) is 4.92. The number of carbonyl (C=O) groups is 1. The van der Waals surface area contributed by atoms with Gasteiger partial charge >= 0.3 is 0 Å². The molecule has 24 heavy (non-hydrogen) atoms. The van der Waals surface area contributed by atoms with E-state index >= 15 is 0 Å². The third-order valence-electron chi connectivity index (χ3n) is 3.59. The van der Waals surface area contributed by atoms with Crippen molar-refractivity contribution in [3.8, 4) is 5.75 Å². The molecule has 0 saturated carbocycles. The molecule has 7 heteroatoms. The maximum absolute atomic E-state index is 12.3. The van der Waals surface area contributed by atoms with Crippen LogP contribution in [-0.4, -0.2) is 24.8 Å². The monoisotopic (exact) mass is 364 g/mol. The van der Waals surface area contributed by atoms with Gasteiger partial charge in [-0.3, -0.25) is 4.79 Å². The number of halogens is 2. The maximum Gasteiger partial charge on any atom is 0.268 e. The second-order valence-electron chi connectivity index (χ2n) is 5.16. The first-order chi connectivity index (χ1) is 11.6. The lowest BCUT2D eigenvalue weighted by Crippen LogP contribution is -2.28. The van der Waals surface area contributed by atoms with Crippen LogP contribution in [0.3, 0.4) is 0 Å². The van der Waals surface area contributed by atoms with Crippen LogP contribution in [-0.2, 0) is 9.63 Å². The Labute approximate surface area is 149 Å². The number of hydrogen-bond acceptors (Lipinski definition) is 4. The summed E-state index contributed by atoms with van der Waals surface area (Å²) in [5, 5.41) is 7.38. The zero-order valence-electron chi connectivity index (χ0n) is 12.8. The predicted octanol–water partition coefficient (Wildman–Crippen LogP) is 4.13. The molecular weight excluding hydrogens is 351 g/mol. The van der Waals surface area contributed by atoms with Gasteiger partial charge in [0.2, 0.25) is 6.10 Å². The first-order valence-corrected chi connectivity index (χ1v) is 7.96. The smallest absolute Gasteiger partial charge is 0.268 e. The fraction of sp³-hybridized carbons (Fsp3) is 0.176. The van der Waals surface area contributed by atoms with Crippen LogP contribution in [0.25, 0.3) is 0 Å². The first kappa shape index (κ1) is 16.6. The average Bonchev–Trinajstić information content (AvgIpc) is 3.09. The summed E-state index contributed by atoms with van der Waals surface area (Å²) in [6.07, 6.45) is -0.340. The molecule has 1 heterocycles. The highest BCUT2D eigenvalue weighted by molar-refractivity contribution is 6.44. The SMILES string of the molecule is COc1ccc(C2=NOC(C(=O)Nc3cccc(Cl)c3Cl)C2)cc1. The van der Waals surface area contributed by atoms with Gasteiger partial charge in [-0.05, 0) is 42.0 Å². The van der Waals surface area contributed by atoms with E-state index in [1.807, 2.05) is 24.3 Å². The highest BCUT2D eigenvalue weighted by Gasteiger charge is 2.29. The normalized spacial score (nSPS) is 16.3. The Morgan fingerprint density at radius 1 is 1.25 bits per heavy atom. The van der Waals surface area contributed by atoms with E-state index in [2.05, 4.69) is 10.5 Å². The van der Waals surface area contributed by atoms with Crippen LogP contribution in [0.1, 0.15) is 12.0 Å². The van der Waals surface area contributed by atoms with E-state index in [-0.39, 0.29) is 5.91 Å². The van der Waals surface area contributed by atoms with Crippen LogP contribution < -0.4 is 10.1 Å². The molecule has 2 aromatic carbocycles. The molecule has 1 N–H and O–H groups in total. The molecule has 0 aliphatic carbocycles. The van der Waals surface area contributed by atoms with E-state index in [1.54, 1.807) is 25.3 Å². The van der Waals surface area contributed by atoms with Crippen LogP contribution in [0.4, 0.5) is 5.69 Å². The second kappa shape index (κ2) is 7.11. The summed E-state index contributed by atoms with van der Waals surface area (Å²) in [6.45, 7) is 0. The minimum absolute atomic E-state index is 0.293. The summed E-state index contributed by atoms with van der Waals surface area (Å²) in [7, 11) is 1.60. The lowest BCUT2D eigenvalue weighted by atomic mass is 10.0. The average molecular weight is 365 g/mol. The van der Waals surface area contributed by atoms with Crippen LogP contribution >= 0.6 is 23.2 Å². The van der Waals surface area contributed by atoms with Crippen molar-refractivity contribution in [2.24, 2.45) is 5.16 Å². The van der Waals surface area contributed by atoms with Crippen molar-refractivity contribution in [1.82, 2.24) is 0 Å². The zero-order valence-corrected chi connectivity index (χ0v) is 14.3. The number of hydrogen-bond donors (Lipinski definition) is 1. The minimum Gasteiger partial charge on any atom is -0.497 e. The number of rotatable bonds is 4. The van der Waals surface area contributed by atoms with Crippen molar-refractivity contribution in [2.75, 3.05) is 12.4 Å². The lowest BCUT2D eigenvalue weighted by molar-refractivity contribution is -0.125. The molecule has 0 fully saturated rings. The summed E-state index contributed by atoms with van der Waals surface area (Å²) in [5.41, 5.74) is 2.03. The van der Waals surface area contributed by atoms with Crippen LogP contribution in [0.2, 0.25) is 10.0 Å². The van der Waals surface area contributed by atoms with E-state index in [1.165, 1.54) is 0 Å². The summed E-state index contributed by atoms with van der Waals surface area (Å²) >= 11 is 12.0. The first-order valence-electron chi connectivity index (χ1n) is 7.20. The minimum atomic E-state index is -0.711. The molecule has 1 aliphatic rings. The number of oxime groups is 1. The summed E-state index contributed by atoms with van der Waals surface area (Å²) in [6, 6.07) is 12.4. The number of methoxy groups -OCH3 is 1. The van der Waals surface area contributed by atoms with Crippen molar-refractivity contribution in [2.45, 2.75) is 12.5 Å². The Bertz CT molecular complexity index is 791. The van der Waals surface area contributed by atoms with Crippen LogP contribution in [0.5, 0.6) is 5.75 Å². The predicted molar refractivity (Wildman–Crippen MR) is 94.1 cm³/mol.